The number of aryl methyl sites for hydroxylation is 1. The fourth-order valence-electron chi connectivity index (χ4n) is 1.22. The van der Waals surface area contributed by atoms with E-state index in [0.717, 1.165) is 12.0 Å². The third-order valence-corrected chi connectivity index (χ3v) is 2.05. The van der Waals surface area contributed by atoms with Gasteiger partial charge in [-0.15, -0.1) is 0 Å². The van der Waals surface area contributed by atoms with Crippen LogP contribution in [0.25, 0.3) is 0 Å². The summed E-state index contributed by atoms with van der Waals surface area (Å²) in [6.07, 6.45) is 4.60. The van der Waals surface area contributed by atoms with E-state index in [4.69, 9.17) is 5.41 Å². The molecule has 0 bridgehead atoms. The molecule has 0 spiro atoms. The summed E-state index contributed by atoms with van der Waals surface area (Å²) in [7, 11) is 0. The average molecular weight is 205 g/mol. The Hall–Kier alpha value is -1.71. The number of carbonyl (C=O) groups excluding carboxylic acids is 1. The van der Waals surface area contributed by atoms with Gasteiger partial charge in [-0.2, -0.15) is 0 Å². The Kier molecular flexibility index (Phi) is 3.97. The first-order chi connectivity index (χ1) is 7.15. The van der Waals surface area contributed by atoms with Gasteiger partial charge in [-0.3, -0.25) is 15.2 Å². The summed E-state index contributed by atoms with van der Waals surface area (Å²) in [4.78, 5) is 15.5. The number of amides is 1. The largest absolute Gasteiger partial charge is 0.311 e. The minimum Gasteiger partial charge on any atom is -0.311 e. The molecule has 2 N–H and O–H groups in total. The van der Waals surface area contributed by atoms with Crippen LogP contribution >= 0.6 is 0 Å². The van der Waals surface area contributed by atoms with Crippen LogP contribution in [-0.2, 0) is 0 Å². The van der Waals surface area contributed by atoms with Crippen molar-refractivity contribution in [3.63, 3.8) is 0 Å². The zero-order chi connectivity index (χ0) is 11.3. The third kappa shape index (κ3) is 3.16. The van der Waals surface area contributed by atoms with Gasteiger partial charge in [-0.25, -0.2) is 0 Å². The molecule has 0 aliphatic carbocycles. The van der Waals surface area contributed by atoms with Crippen LogP contribution in [0.15, 0.2) is 18.5 Å². The molecule has 0 radical (unpaired) electrons. The van der Waals surface area contributed by atoms with Crippen molar-refractivity contribution in [3.8, 4) is 0 Å². The summed E-state index contributed by atoms with van der Waals surface area (Å²) in [5.74, 6) is 0.00445. The molecular weight excluding hydrogens is 190 g/mol. The fraction of sp³-hybridized carbons (Fsp3) is 0.364. The second kappa shape index (κ2) is 5.24. The van der Waals surface area contributed by atoms with E-state index in [1.165, 1.54) is 6.20 Å². The molecule has 80 valence electrons. The zero-order valence-electron chi connectivity index (χ0n) is 9.00. The predicted octanol–water partition coefficient (Wildman–Crippen LogP) is 1.90. The second-order valence-electron chi connectivity index (χ2n) is 3.37. The van der Waals surface area contributed by atoms with E-state index in [-0.39, 0.29) is 11.7 Å². The van der Waals surface area contributed by atoms with Crippen LogP contribution in [0.2, 0.25) is 0 Å². The standard InChI is InChI=1S/C11H15N3O/c1-3-4-10(12)14-11(15)9-7-13-6-5-8(9)2/h5-7H,3-4H2,1-2H3,(H2,12,14,15). The Morgan fingerprint density at radius 1 is 1.60 bits per heavy atom. The number of nitrogens with zero attached hydrogens (tertiary/aromatic N) is 1. The lowest BCUT2D eigenvalue weighted by Gasteiger charge is -2.06. The molecule has 0 aliphatic rings. The maximum absolute atomic E-state index is 11.7. The highest BCUT2D eigenvalue weighted by atomic mass is 16.1. The predicted molar refractivity (Wildman–Crippen MR) is 59.1 cm³/mol. The molecule has 1 aromatic heterocycles. The highest BCUT2D eigenvalue weighted by Gasteiger charge is 2.09. The second-order valence-corrected chi connectivity index (χ2v) is 3.37. The van der Waals surface area contributed by atoms with E-state index < -0.39 is 0 Å². The molecule has 0 saturated carbocycles. The number of nitrogens with one attached hydrogen (secondary N) is 2. The van der Waals surface area contributed by atoms with Gasteiger partial charge in [0, 0.05) is 18.8 Å². The number of pyridine rings is 1. The summed E-state index contributed by atoms with van der Waals surface area (Å²) >= 11 is 0. The van der Waals surface area contributed by atoms with Gasteiger partial charge in [0.1, 0.15) is 0 Å². The normalized spacial score (nSPS) is 9.73. The molecule has 1 heterocycles. The number of hydrogen-bond acceptors (Lipinski definition) is 3. The Balaban J connectivity index is 2.70. The van der Waals surface area contributed by atoms with Crippen molar-refractivity contribution in [2.45, 2.75) is 26.7 Å². The van der Waals surface area contributed by atoms with Crippen LogP contribution in [0.5, 0.6) is 0 Å². The Bertz CT molecular complexity index is 374. The van der Waals surface area contributed by atoms with E-state index in [1.54, 1.807) is 12.3 Å². The minimum absolute atomic E-state index is 0.251. The molecule has 0 aliphatic heterocycles. The van der Waals surface area contributed by atoms with Gasteiger partial charge in [0.05, 0.1) is 11.4 Å². The van der Waals surface area contributed by atoms with Gasteiger partial charge in [0.25, 0.3) is 5.91 Å². The molecule has 4 heteroatoms. The number of hydrogen-bond donors (Lipinski definition) is 2. The number of aromatic nitrogens is 1. The maximum Gasteiger partial charge on any atom is 0.258 e. The van der Waals surface area contributed by atoms with Crippen LogP contribution in [0.3, 0.4) is 0 Å². The van der Waals surface area contributed by atoms with E-state index in [9.17, 15) is 4.79 Å². The van der Waals surface area contributed by atoms with Crippen molar-refractivity contribution in [1.29, 1.82) is 5.41 Å². The van der Waals surface area contributed by atoms with Crippen LogP contribution in [0.4, 0.5) is 0 Å². The van der Waals surface area contributed by atoms with Gasteiger partial charge in [0.15, 0.2) is 0 Å². The Morgan fingerprint density at radius 2 is 2.33 bits per heavy atom. The van der Waals surface area contributed by atoms with Crippen LogP contribution in [-0.4, -0.2) is 16.7 Å². The molecule has 1 amide bonds. The SMILES string of the molecule is CCCC(=N)NC(=O)c1cnccc1C. The first-order valence-electron chi connectivity index (χ1n) is 4.94. The van der Waals surface area contributed by atoms with Gasteiger partial charge in [-0.05, 0) is 25.0 Å². The molecule has 1 rings (SSSR count). The lowest BCUT2D eigenvalue weighted by Crippen LogP contribution is -2.30. The maximum atomic E-state index is 11.7. The van der Waals surface area contributed by atoms with Gasteiger partial charge >= 0.3 is 0 Å². The lowest BCUT2D eigenvalue weighted by atomic mass is 10.1. The number of carbonyl (C=O) groups is 1. The topological polar surface area (TPSA) is 65.8 Å². The van der Waals surface area contributed by atoms with E-state index in [0.29, 0.717) is 12.0 Å². The molecular formula is C11H15N3O. The van der Waals surface area contributed by atoms with Crippen molar-refractivity contribution in [3.05, 3.63) is 29.6 Å². The molecule has 0 fully saturated rings. The van der Waals surface area contributed by atoms with Crippen molar-refractivity contribution in [1.82, 2.24) is 10.3 Å². The smallest absolute Gasteiger partial charge is 0.258 e. The summed E-state index contributed by atoms with van der Waals surface area (Å²) in [6, 6.07) is 1.78. The van der Waals surface area contributed by atoms with Crippen molar-refractivity contribution in [2.24, 2.45) is 0 Å². The van der Waals surface area contributed by atoms with E-state index in [1.807, 2.05) is 13.8 Å². The number of rotatable bonds is 3. The first kappa shape index (κ1) is 11.4. The lowest BCUT2D eigenvalue weighted by molar-refractivity contribution is 0.0975. The molecule has 0 aromatic carbocycles. The quantitative estimate of drug-likeness (QED) is 0.584. The van der Waals surface area contributed by atoms with Crippen molar-refractivity contribution < 1.29 is 4.79 Å². The van der Waals surface area contributed by atoms with Crippen LogP contribution in [0.1, 0.15) is 35.7 Å². The zero-order valence-corrected chi connectivity index (χ0v) is 9.00. The summed E-state index contributed by atoms with van der Waals surface area (Å²) in [5.41, 5.74) is 1.39. The van der Waals surface area contributed by atoms with Crippen LogP contribution < -0.4 is 5.32 Å². The van der Waals surface area contributed by atoms with Gasteiger partial charge in [-0.1, -0.05) is 6.92 Å². The number of amidine groups is 1. The monoisotopic (exact) mass is 205 g/mol. The minimum atomic E-state index is -0.251. The average Bonchev–Trinajstić information content (AvgIpc) is 2.18. The fourth-order valence-corrected chi connectivity index (χ4v) is 1.22. The highest BCUT2D eigenvalue weighted by molar-refractivity contribution is 6.06. The van der Waals surface area contributed by atoms with Gasteiger partial charge < -0.3 is 5.32 Å². The molecule has 0 atom stereocenters. The van der Waals surface area contributed by atoms with Crippen LogP contribution in [0, 0.1) is 12.3 Å². The van der Waals surface area contributed by atoms with E-state index in [2.05, 4.69) is 10.3 Å². The Labute approximate surface area is 89.2 Å². The third-order valence-electron chi connectivity index (χ3n) is 2.05. The highest BCUT2D eigenvalue weighted by Crippen LogP contribution is 2.04. The summed E-state index contributed by atoms with van der Waals surface area (Å²) < 4.78 is 0. The summed E-state index contributed by atoms with van der Waals surface area (Å²) in [6.45, 7) is 3.82. The summed E-state index contributed by atoms with van der Waals surface area (Å²) in [5, 5.41) is 10.0. The molecule has 1 aromatic rings. The molecule has 4 nitrogen and oxygen atoms in total. The van der Waals surface area contributed by atoms with E-state index >= 15 is 0 Å². The van der Waals surface area contributed by atoms with Crippen molar-refractivity contribution in [2.75, 3.05) is 0 Å². The van der Waals surface area contributed by atoms with Gasteiger partial charge in [0.2, 0.25) is 0 Å². The molecule has 15 heavy (non-hydrogen) atoms. The van der Waals surface area contributed by atoms with Crippen molar-refractivity contribution >= 4 is 11.7 Å². The Morgan fingerprint density at radius 3 is 2.93 bits per heavy atom. The molecule has 0 saturated heterocycles. The molecule has 0 unspecified atom stereocenters. The first-order valence-corrected chi connectivity index (χ1v) is 4.94.